The predicted octanol–water partition coefficient (Wildman–Crippen LogP) is 2.98. The lowest BCUT2D eigenvalue weighted by atomic mass is 10.1. The van der Waals surface area contributed by atoms with E-state index in [0.717, 1.165) is 13.0 Å². The Hall–Kier alpha value is -0.540. The summed E-state index contributed by atoms with van der Waals surface area (Å²) in [4.78, 5) is 0. The Kier molecular flexibility index (Phi) is 3.75. The summed E-state index contributed by atoms with van der Waals surface area (Å²) < 4.78 is 5.32. The second-order valence-corrected chi connectivity index (χ2v) is 4.43. The van der Waals surface area contributed by atoms with Gasteiger partial charge in [0.25, 0.3) is 0 Å². The van der Waals surface area contributed by atoms with Crippen LogP contribution in [-0.2, 0) is 4.74 Å². The number of anilines is 1. The van der Waals surface area contributed by atoms with E-state index in [1.807, 2.05) is 0 Å². The van der Waals surface area contributed by atoms with Gasteiger partial charge in [-0.1, -0.05) is 0 Å². The van der Waals surface area contributed by atoms with Crippen LogP contribution < -0.4 is 5.32 Å². The van der Waals surface area contributed by atoms with Crippen molar-refractivity contribution in [1.82, 2.24) is 0 Å². The van der Waals surface area contributed by atoms with Gasteiger partial charge in [0.1, 0.15) is 0 Å². The standard InChI is InChI=1S/C10H17NOS/c1-10(2,12-3)5-6-11-9-4-7-13-8-9/h4,7-8,11H,5-6H2,1-3H3. The lowest BCUT2D eigenvalue weighted by Crippen LogP contribution is -2.25. The van der Waals surface area contributed by atoms with E-state index in [2.05, 4.69) is 36.0 Å². The highest BCUT2D eigenvalue weighted by Crippen LogP contribution is 2.15. The molecule has 0 aliphatic rings. The topological polar surface area (TPSA) is 21.3 Å². The van der Waals surface area contributed by atoms with Crippen LogP contribution in [-0.4, -0.2) is 19.3 Å². The number of methoxy groups -OCH3 is 1. The second-order valence-electron chi connectivity index (χ2n) is 3.65. The fourth-order valence-corrected chi connectivity index (χ4v) is 1.59. The van der Waals surface area contributed by atoms with Crippen LogP contribution in [0.1, 0.15) is 20.3 Å². The Morgan fingerprint density at radius 2 is 2.31 bits per heavy atom. The molecule has 0 aliphatic heterocycles. The minimum absolute atomic E-state index is 0.0248. The third kappa shape index (κ3) is 3.79. The van der Waals surface area contributed by atoms with Gasteiger partial charge in [-0.25, -0.2) is 0 Å². The molecule has 0 fully saturated rings. The van der Waals surface area contributed by atoms with Crippen LogP contribution in [0.25, 0.3) is 0 Å². The van der Waals surface area contributed by atoms with Gasteiger partial charge < -0.3 is 10.1 Å². The van der Waals surface area contributed by atoms with E-state index in [4.69, 9.17) is 4.74 Å². The molecule has 13 heavy (non-hydrogen) atoms. The van der Waals surface area contributed by atoms with E-state index in [9.17, 15) is 0 Å². The van der Waals surface area contributed by atoms with Crippen molar-refractivity contribution in [1.29, 1.82) is 0 Å². The molecule has 0 atom stereocenters. The maximum atomic E-state index is 5.32. The minimum atomic E-state index is -0.0248. The van der Waals surface area contributed by atoms with Crippen molar-refractivity contribution in [2.45, 2.75) is 25.9 Å². The van der Waals surface area contributed by atoms with Gasteiger partial charge in [0.15, 0.2) is 0 Å². The molecule has 0 aliphatic carbocycles. The molecule has 0 unspecified atom stereocenters. The lowest BCUT2D eigenvalue weighted by Gasteiger charge is -2.22. The second kappa shape index (κ2) is 4.63. The maximum absolute atomic E-state index is 5.32. The number of ether oxygens (including phenoxy) is 1. The summed E-state index contributed by atoms with van der Waals surface area (Å²) >= 11 is 1.71. The number of thiophene rings is 1. The zero-order chi connectivity index (χ0) is 9.73. The molecule has 0 radical (unpaired) electrons. The fraction of sp³-hybridized carbons (Fsp3) is 0.600. The van der Waals surface area contributed by atoms with Crippen molar-refractivity contribution in [2.75, 3.05) is 19.0 Å². The van der Waals surface area contributed by atoms with Crippen molar-refractivity contribution in [2.24, 2.45) is 0 Å². The van der Waals surface area contributed by atoms with Crippen LogP contribution in [0.5, 0.6) is 0 Å². The number of nitrogens with one attached hydrogen (secondary N) is 1. The van der Waals surface area contributed by atoms with Crippen molar-refractivity contribution >= 4 is 17.0 Å². The number of hydrogen-bond acceptors (Lipinski definition) is 3. The van der Waals surface area contributed by atoms with Crippen LogP contribution >= 0.6 is 11.3 Å². The van der Waals surface area contributed by atoms with Gasteiger partial charge in [-0.2, -0.15) is 11.3 Å². The van der Waals surface area contributed by atoms with Crippen molar-refractivity contribution < 1.29 is 4.74 Å². The number of hydrogen-bond donors (Lipinski definition) is 1. The molecular weight excluding hydrogens is 182 g/mol. The molecule has 0 saturated carbocycles. The van der Waals surface area contributed by atoms with Gasteiger partial charge in [0.05, 0.1) is 5.60 Å². The summed E-state index contributed by atoms with van der Waals surface area (Å²) in [6, 6.07) is 2.09. The van der Waals surface area contributed by atoms with Crippen LogP contribution in [0.3, 0.4) is 0 Å². The monoisotopic (exact) mass is 199 g/mol. The first-order chi connectivity index (χ1) is 6.14. The first kappa shape index (κ1) is 10.5. The van der Waals surface area contributed by atoms with E-state index in [0.29, 0.717) is 0 Å². The highest BCUT2D eigenvalue weighted by molar-refractivity contribution is 7.08. The molecule has 1 aromatic heterocycles. The minimum Gasteiger partial charge on any atom is -0.384 e. The summed E-state index contributed by atoms with van der Waals surface area (Å²) in [5.74, 6) is 0. The molecule has 1 N–H and O–H groups in total. The molecule has 1 heterocycles. The third-order valence-corrected chi connectivity index (χ3v) is 2.81. The Balaban J connectivity index is 2.21. The number of rotatable bonds is 5. The van der Waals surface area contributed by atoms with Crippen LogP contribution in [0, 0.1) is 0 Å². The molecule has 2 nitrogen and oxygen atoms in total. The van der Waals surface area contributed by atoms with Gasteiger partial charge in [0.2, 0.25) is 0 Å². The molecule has 1 aromatic rings. The molecule has 3 heteroatoms. The Morgan fingerprint density at radius 1 is 1.54 bits per heavy atom. The predicted molar refractivity (Wildman–Crippen MR) is 58.5 cm³/mol. The summed E-state index contributed by atoms with van der Waals surface area (Å²) in [7, 11) is 1.75. The summed E-state index contributed by atoms with van der Waals surface area (Å²) in [5, 5.41) is 7.53. The summed E-state index contributed by atoms with van der Waals surface area (Å²) in [6.45, 7) is 5.15. The highest BCUT2D eigenvalue weighted by Gasteiger charge is 2.14. The Morgan fingerprint density at radius 3 is 2.85 bits per heavy atom. The van der Waals surface area contributed by atoms with Gasteiger partial charge in [-0.05, 0) is 31.7 Å². The first-order valence-corrected chi connectivity index (χ1v) is 5.39. The van der Waals surface area contributed by atoms with E-state index < -0.39 is 0 Å². The van der Waals surface area contributed by atoms with Gasteiger partial charge in [-0.3, -0.25) is 0 Å². The molecule has 0 amide bonds. The summed E-state index contributed by atoms with van der Waals surface area (Å²) in [5.41, 5.74) is 1.18. The third-order valence-electron chi connectivity index (χ3n) is 2.13. The smallest absolute Gasteiger partial charge is 0.0639 e. The van der Waals surface area contributed by atoms with E-state index in [-0.39, 0.29) is 5.60 Å². The van der Waals surface area contributed by atoms with Gasteiger partial charge >= 0.3 is 0 Å². The molecular formula is C10H17NOS. The van der Waals surface area contributed by atoms with E-state index >= 15 is 0 Å². The SMILES string of the molecule is COC(C)(C)CCNc1ccsc1. The van der Waals surface area contributed by atoms with Crippen molar-refractivity contribution in [3.63, 3.8) is 0 Å². The molecule has 0 spiro atoms. The molecule has 1 rings (SSSR count). The largest absolute Gasteiger partial charge is 0.384 e. The van der Waals surface area contributed by atoms with E-state index in [1.54, 1.807) is 18.4 Å². The lowest BCUT2D eigenvalue weighted by molar-refractivity contribution is 0.0185. The van der Waals surface area contributed by atoms with E-state index in [1.165, 1.54) is 5.69 Å². The van der Waals surface area contributed by atoms with Crippen LogP contribution in [0.2, 0.25) is 0 Å². The maximum Gasteiger partial charge on any atom is 0.0639 e. The van der Waals surface area contributed by atoms with Gasteiger partial charge in [-0.15, -0.1) is 0 Å². The van der Waals surface area contributed by atoms with Crippen LogP contribution in [0.4, 0.5) is 5.69 Å². The molecule has 0 bridgehead atoms. The van der Waals surface area contributed by atoms with Crippen LogP contribution in [0.15, 0.2) is 16.8 Å². The first-order valence-electron chi connectivity index (χ1n) is 4.45. The van der Waals surface area contributed by atoms with Gasteiger partial charge in [0, 0.05) is 24.7 Å². The Bertz CT molecular complexity index is 231. The van der Waals surface area contributed by atoms with Crippen molar-refractivity contribution in [3.05, 3.63) is 16.8 Å². The normalized spacial score (nSPS) is 11.6. The Labute approximate surface area is 83.9 Å². The van der Waals surface area contributed by atoms with Crippen molar-refractivity contribution in [3.8, 4) is 0 Å². The average Bonchev–Trinajstić information content (AvgIpc) is 2.57. The zero-order valence-electron chi connectivity index (χ0n) is 8.46. The average molecular weight is 199 g/mol. The summed E-state index contributed by atoms with van der Waals surface area (Å²) in [6.07, 6.45) is 1.01. The molecule has 74 valence electrons. The highest BCUT2D eigenvalue weighted by atomic mass is 32.1. The quantitative estimate of drug-likeness (QED) is 0.787. The molecule has 0 saturated heterocycles. The fourth-order valence-electron chi connectivity index (χ4n) is 0.975. The zero-order valence-corrected chi connectivity index (χ0v) is 9.28. The molecule has 0 aromatic carbocycles.